The summed E-state index contributed by atoms with van der Waals surface area (Å²) in [4.78, 5) is 10.9. The largest absolute Gasteiger partial charge is 0.368 e. The molecular formula is C10H13BrN2O3S. The molecule has 0 fully saturated rings. The minimum absolute atomic E-state index is 0.0798. The van der Waals surface area contributed by atoms with Crippen molar-refractivity contribution in [1.29, 1.82) is 0 Å². The van der Waals surface area contributed by atoms with Gasteiger partial charge in [0.25, 0.3) is 0 Å². The van der Waals surface area contributed by atoms with Gasteiger partial charge in [0.2, 0.25) is 15.9 Å². The second-order valence-electron chi connectivity index (χ2n) is 3.68. The maximum atomic E-state index is 11.9. The van der Waals surface area contributed by atoms with E-state index in [-0.39, 0.29) is 4.90 Å². The Morgan fingerprint density at radius 1 is 1.47 bits per heavy atom. The number of benzene rings is 1. The van der Waals surface area contributed by atoms with Crippen LogP contribution < -0.4 is 10.5 Å². The fourth-order valence-electron chi connectivity index (χ4n) is 1.18. The molecule has 0 radical (unpaired) electrons. The lowest BCUT2D eigenvalue weighted by atomic mass is 10.2. The normalized spacial score (nSPS) is 13.4. The van der Waals surface area contributed by atoms with E-state index >= 15 is 0 Å². The van der Waals surface area contributed by atoms with Crippen LogP contribution in [0, 0.1) is 6.92 Å². The molecule has 7 heteroatoms. The van der Waals surface area contributed by atoms with Gasteiger partial charge < -0.3 is 5.73 Å². The zero-order chi connectivity index (χ0) is 13.2. The average Bonchev–Trinajstić information content (AvgIpc) is 2.15. The molecule has 94 valence electrons. The van der Waals surface area contributed by atoms with E-state index in [1.54, 1.807) is 12.1 Å². The van der Waals surface area contributed by atoms with Crippen molar-refractivity contribution in [2.24, 2.45) is 5.73 Å². The van der Waals surface area contributed by atoms with Crippen LogP contribution in [-0.2, 0) is 14.8 Å². The number of amides is 1. The molecule has 1 amide bonds. The molecule has 0 aliphatic rings. The van der Waals surface area contributed by atoms with Crippen LogP contribution >= 0.6 is 15.9 Å². The Balaban J connectivity index is 3.10. The first-order chi connectivity index (χ1) is 7.74. The minimum Gasteiger partial charge on any atom is -0.368 e. The maximum absolute atomic E-state index is 11.9. The van der Waals surface area contributed by atoms with Crippen LogP contribution in [0.2, 0.25) is 0 Å². The Hall–Kier alpha value is -0.920. The monoisotopic (exact) mass is 320 g/mol. The van der Waals surface area contributed by atoms with E-state index in [0.29, 0.717) is 4.47 Å². The topological polar surface area (TPSA) is 89.3 Å². The van der Waals surface area contributed by atoms with Gasteiger partial charge in [0.15, 0.2) is 0 Å². The van der Waals surface area contributed by atoms with Crippen molar-refractivity contribution >= 4 is 31.9 Å². The number of primary amides is 1. The van der Waals surface area contributed by atoms with Crippen molar-refractivity contribution in [3.63, 3.8) is 0 Å². The lowest BCUT2D eigenvalue weighted by Crippen LogP contribution is -2.42. The molecular weight excluding hydrogens is 308 g/mol. The predicted molar refractivity (Wildman–Crippen MR) is 67.9 cm³/mol. The molecule has 3 N–H and O–H groups in total. The highest BCUT2D eigenvalue weighted by atomic mass is 79.9. The highest BCUT2D eigenvalue weighted by Crippen LogP contribution is 2.22. The molecule has 0 saturated heterocycles. The molecule has 0 aliphatic heterocycles. The molecule has 17 heavy (non-hydrogen) atoms. The van der Waals surface area contributed by atoms with E-state index in [2.05, 4.69) is 20.7 Å². The van der Waals surface area contributed by atoms with E-state index in [9.17, 15) is 13.2 Å². The first kappa shape index (κ1) is 14.1. The van der Waals surface area contributed by atoms with Crippen LogP contribution in [0.25, 0.3) is 0 Å². The van der Waals surface area contributed by atoms with Crippen LogP contribution in [0.15, 0.2) is 27.6 Å². The van der Waals surface area contributed by atoms with Gasteiger partial charge in [0, 0.05) is 4.47 Å². The molecule has 0 aromatic heterocycles. The van der Waals surface area contributed by atoms with Crippen LogP contribution in [-0.4, -0.2) is 20.4 Å². The van der Waals surface area contributed by atoms with Gasteiger partial charge in [-0.1, -0.05) is 6.07 Å². The summed E-state index contributed by atoms with van der Waals surface area (Å²) in [5.74, 6) is -0.725. The summed E-state index contributed by atoms with van der Waals surface area (Å²) in [7, 11) is -3.75. The molecule has 0 heterocycles. The zero-order valence-corrected chi connectivity index (χ0v) is 11.8. The molecule has 0 bridgehead atoms. The quantitative estimate of drug-likeness (QED) is 0.864. The number of aryl methyl sites for hydroxylation is 1. The van der Waals surface area contributed by atoms with Crippen LogP contribution in [0.5, 0.6) is 0 Å². The Morgan fingerprint density at radius 3 is 2.53 bits per heavy atom. The van der Waals surface area contributed by atoms with E-state index in [4.69, 9.17) is 5.73 Å². The van der Waals surface area contributed by atoms with Crippen LogP contribution in [0.3, 0.4) is 0 Å². The molecule has 0 aliphatic carbocycles. The number of sulfonamides is 1. The van der Waals surface area contributed by atoms with Crippen molar-refractivity contribution < 1.29 is 13.2 Å². The summed E-state index contributed by atoms with van der Waals surface area (Å²) >= 11 is 3.17. The fourth-order valence-corrected chi connectivity index (χ4v) is 3.58. The van der Waals surface area contributed by atoms with Gasteiger partial charge in [0.05, 0.1) is 10.9 Å². The second-order valence-corrected chi connectivity index (χ2v) is 6.22. The lowest BCUT2D eigenvalue weighted by Gasteiger charge is -2.12. The molecule has 1 atom stereocenters. The van der Waals surface area contributed by atoms with E-state index in [0.717, 1.165) is 5.56 Å². The number of rotatable bonds is 4. The van der Waals surface area contributed by atoms with E-state index in [1.807, 2.05) is 6.92 Å². The summed E-state index contributed by atoms with van der Waals surface area (Å²) in [6.07, 6.45) is 0. The molecule has 0 unspecified atom stereocenters. The maximum Gasteiger partial charge on any atom is 0.242 e. The van der Waals surface area contributed by atoms with Gasteiger partial charge in [-0.2, -0.15) is 4.72 Å². The third-order valence-corrected chi connectivity index (χ3v) is 4.65. The van der Waals surface area contributed by atoms with Gasteiger partial charge in [-0.25, -0.2) is 8.42 Å². The number of nitrogens with one attached hydrogen (secondary N) is 1. The number of hydrogen-bond donors (Lipinski definition) is 2. The van der Waals surface area contributed by atoms with Crippen molar-refractivity contribution in [1.82, 2.24) is 4.72 Å². The first-order valence-corrected chi connectivity index (χ1v) is 7.09. The van der Waals surface area contributed by atoms with Gasteiger partial charge in [-0.15, -0.1) is 0 Å². The molecule has 0 saturated carbocycles. The number of hydrogen-bond acceptors (Lipinski definition) is 3. The Kier molecular flexibility index (Phi) is 4.29. The minimum atomic E-state index is -3.75. The SMILES string of the molecule is Cc1ccc(S(=O)(=O)N[C@@H](C)C(N)=O)c(Br)c1. The van der Waals surface area contributed by atoms with Gasteiger partial charge >= 0.3 is 0 Å². The Morgan fingerprint density at radius 2 is 2.06 bits per heavy atom. The van der Waals surface area contributed by atoms with Crippen molar-refractivity contribution in [3.05, 3.63) is 28.2 Å². The third-order valence-electron chi connectivity index (χ3n) is 2.14. The number of nitrogens with two attached hydrogens (primary N) is 1. The highest BCUT2D eigenvalue weighted by Gasteiger charge is 2.22. The Bertz CT molecular complexity index is 542. The van der Waals surface area contributed by atoms with Crippen LogP contribution in [0.1, 0.15) is 12.5 Å². The third kappa shape index (κ3) is 3.52. The second kappa shape index (κ2) is 5.16. The number of carbonyl (C=O) groups excluding carboxylic acids is 1. The summed E-state index contributed by atoms with van der Waals surface area (Å²) in [6.45, 7) is 3.24. The summed E-state index contributed by atoms with van der Waals surface area (Å²) in [5, 5.41) is 0. The molecule has 0 spiro atoms. The van der Waals surface area contributed by atoms with Gasteiger partial charge in [-0.05, 0) is 47.5 Å². The predicted octanol–water partition coefficient (Wildman–Crippen LogP) is 0.910. The number of halogens is 1. The average molecular weight is 321 g/mol. The fraction of sp³-hybridized carbons (Fsp3) is 0.300. The molecule has 1 aromatic carbocycles. The van der Waals surface area contributed by atoms with Crippen LogP contribution in [0.4, 0.5) is 0 Å². The van der Waals surface area contributed by atoms with Crippen molar-refractivity contribution in [3.8, 4) is 0 Å². The van der Waals surface area contributed by atoms with Gasteiger partial charge in [0.1, 0.15) is 0 Å². The lowest BCUT2D eigenvalue weighted by molar-refractivity contribution is -0.119. The van der Waals surface area contributed by atoms with Gasteiger partial charge in [-0.3, -0.25) is 4.79 Å². The standard InChI is InChI=1S/C10H13BrN2O3S/c1-6-3-4-9(8(11)5-6)17(15,16)13-7(2)10(12)14/h3-5,7,13H,1-2H3,(H2,12,14)/t7-/m0/s1. The summed E-state index contributed by atoms with van der Waals surface area (Å²) < 4.78 is 26.5. The van der Waals surface area contributed by atoms with E-state index in [1.165, 1.54) is 13.0 Å². The molecule has 1 aromatic rings. The number of carbonyl (C=O) groups is 1. The summed E-state index contributed by atoms with van der Waals surface area (Å²) in [5.41, 5.74) is 5.94. The molecule has 5 nitrogen and oxygen atoms in total. The molecule has 1 rings (SSSR count). The van der Waals surface area contributed by atoms with Crippen molar-refractivity contribution in [2.45, 2.75) is 24.8 Å². The first-order valence-electron chi connectivity index (χ1n) is 4.82. The zero-order valence-electron chi connectivity index (χ0n) is 9.40. The van der Waals surface area contributed by atoms with E-state index < -0.39 is 22.0 Å². The summed E-state index contributed by atoms with van der Waals surface area (Å²) in [6, 6.07) is 3.88. The Labute approximate surface area is 109 Å². The van der Waals surface area contributed by atoms with Crippen molar-refractivity contribution in [2.75, 3.05) is 0 Å². The smallest absolute Gasteiger partial charge is 0.242 e. The highest BCUT2D eigenvalue weighted by molar-refractivity contribution is 9.10.